The Kier molecular flexibility index (Phi) is 6.15. The average Bonchev–Trinajstić information content (AvgIpc) is 3.43. The summed E-state index contributed by atoms with van der Waals surface area (Å²) < 4.78 is 5.67. The molecule has 7 nitrogen and oxygen atoms in total. The molecule has 9 heteroatoms. The Hall–Kier alpha value is -3.04. The van der Waals surface area contributed by atoms with Crippen molar-refractivity contribution < 1.29 is 19.1 Å². The van der Waals surface area contributed by atoms with E-state index in [1.165, 1.54) is 16.2 Å². The van der Waals surface area contributed by atoms with Crippen LogP contribution in [0.2, 0.25) is 0 Å². The number of fused-ring (bicyclic) bond motifs is 1. The lowest BCUT2D eigenvalue weighted by atomic mass is 10.0. The summed E-state index contributed by atoms with van der Waals surface area (Å²) in [4.78, 5) is 44.6. The first-order valence-electron chi connectivity index (χ1n) is 9.90. The molecule has 3 heterocycles. The van der Waals surface area contributed by atoms with Gasteiger partial charge < -0.3 is 10.1 Å². The van der Waals surface area contributed by atoms with E-state index in [2.05, 4.69) is 10.3 Å². The lowest BCUT2D eigenvalue weighted by molar-refractivity contribution is -0.127. The van der Waals surface area contributed by atoms with Gasteiger partial charge in [0.1, 0.15) is 12.3 Å². The van der Waals surface area contributed by atoms with Gasteiger partial charge in [0.05, 0.1) is 16.3 Å². The number of hydrogen-bond acceptors (Lipinski definition) is 7. The molecular weight excluding hydrogens is 434 g/mol. The molecule has 1 aliphatic rings. The second kappa shape index (κ2) is 8.99. The van der Waals surface area contributed by atoms with Crippen LogP contribution in [0.15, 0.2) is 41.1 Å². The van der Waals surface area contributed by atoms with Crippen molar-refractivity contribution in [2.45, 2.75) is 32.8 Å². The van der Waals surface area contributed by atoms with Crippen LogP contribution in [0.4, 0.5) is 10.8 Å². The average molecular weight is 456 g/mol. The van der Waals surface area contributed by atoms with E-state index in [1.807, 2.05) is 29.8 Å². The Bertz CT molecular complexity index is 1120. The van der Waals surface area contributed by atoms with Crippen molar-refractivity contribution in [3.8, 4) is 16.3 Å². The number of rotatable bonds is 7. The highest BCUT2D eigenvalue weighted by Gasteiger charge is 2.33. The van der Waals surface area contributed by atoms with Gasteiger partial charge in [-0.25, -0.2) is 4.98 Å². The fraction of sp³-hybridized carbons (Fsp3) is 0.273. The minimum Gasteiger partial charge on any atom is -0.479 e. The van der Waals surface area contributed by atoms with Crippen molar-refractivity contribution in [2.24, 2.45) is 0 Å². The van der Waals surface area contributed by atoms with Crippen molar-refractivity contribution >= 4 is 51.1 Å². The van der Waals surface area contributed by atoms with E-state index in [-0.39, 0.29) is 24.1 Å². The zero-order valence-corrected chi connectivity index (χ0v) is 18.7. The maximum Gasteiger partial charge on any atom is 0.268 e. The van der Waals surface area contributed by atoms with Crippen LogP contribution in [0.1, 0.15) is 37.0 Å². The number of Topliss-reactive ketones (excluding diaryl/α,β-unsaturated/α-hetero) is 1. The number of aromatic nitrogens is 1. The number of carbonyl (C=O) groups is 3. The highest BCUT2D eigenvalue weighted by molar-refractivity contribution is 7.16. The van der Waals surface area contributed by atoms with Crippen molar-refractivity contribution in [3.63, 3.8) is 0 Å². The summed E-state index contributed by atoms with van der Waals surface area (Å²) in [6.07, 6.45) is 0.430. The van der Waals surface area contributed by atoms with E-state index in [1.54, 1.807) is 36.5 Å². The van der Waals surface area contributed by atoms with E-state index in [0.717, 1.165) is 17.0 Å². The molecule has 1 unspecified atom stereocenters. The smallest absolute Gasteiger partial charge is 0.268 e. The summed E-state index contributed by atoms with van der Waals surface area (Å²) in [7, 11) is 0. The Balaban J connectivity index is 1.53. The molecule has 4 rings (SSSR count). The minimum absolute atomic E-state index is 0.00957. The maximum absolute atomic E-state index is 12.8. The number of nitrogens with one attached hydrogen (secondary N) is 1. The highest BCUT2D eigenvalue weighted by Crippen LogP contribution is 2.35. The predicted octanol–water partition coefficient (Wildman–Crippen LogP) is 4.61. The van der Waals surface area contributed by atoms with E-state index in [4.69, 9.17) is 4.74 Å². The molecule has 2 amide bonds. The second-order valence-electron chi connectivity index (χ2n) is 7.10. The zero-order chi connectivity index (χ0) is 22.0. The van der Waals surface area contributed by atoms with Crippen LogP contribution in [0.3, 0.4) is 0 Å². The van der Waals surface area contributed by atoms with Crippen molar-refractivity contribution in [1.82, 2.24) is 4.98 Å². The molecule has 0 saturated heterocycles. The molecule has 1 atom stereocenters. The van der Waals surface area contributed by atoms with Crippen LogP contribution in [0.5, 0.6) is 5.75 Å². The van der Waals surface area contributed by atoms with Crippen LogP contribution < -0.4 is 15.0 Å². The maximum atomic E-state index is 12.8. The fourth-order valence-electron chi connectivity index (χ4n) is 3.29. The third-order valence-electron chi connectivity index (χ3n) is 4.79. The standard InChI is InChI=1S/C22H21N3O4S2/c1-3-5-17(26)14-7-8-18-16(10-14)25(21(28)13(2)29-18)11-20(27)24-22-23-15(12-31-22)19-6-4-9-30-19/h4,6-10,12-13H,3,5,11H2,1-2H3,(H,23,24,27). The summed E-state index contributed by atoms with van der Waals surface area (Å²) in [6, 6.07) is 8.91. The van der Waals surface area contributed by atoms with Crippen LogP contribution >= 0.6 is 22.7 Å². The third-order valence-corrected chi connectivity index (χ3v) is 6.44. The number of ketones is 1. The molecule has 0 aliphatic carbocycles. The van der Waals surface area contributed by atoms with Gasteiger partial charge in [0, 0.05) is 17.4 Å². The summed E-state index contributed by atoms with van der Waals surface area (Å²) in [5.41, 5.74) is 1.73. The van der Waals surface area contributed by atoms with Gasteiger partial charge in [0.25, 0.3) is 5.91 Å². The van der Waals surface area contributed by atoms with Crippen LogP contribution in [0.25, 0.3) is 10.6 Å². The van der Waals surface area contributed by atoms with Gasteiger partial charge in [-0.15, -0.1) is 22.7 Å². The molecule has 0 radical (unpaired) electrons. The largest absolute Gasteiger partial charge is 0.479 e. The topological polar surface area (TPSA) is 88.6 Å². The highest BCUT2D eigenvalue weighted by atomic mass is 32.1. The number of hydrogen-bond donors (Lipinski definition) is 1. The minimum atomic E-state index is -0.720. The lowest BCUT2D eigenvalue weighted by Crippen LogP contribution is -2.47. The monoisotopic (exact) mass is 455 g/mol. The van der Waals surface area contributed by atoms with Crippen LogP contribution in [-0.4, -0.2) is 35.2 Å². The fourth-order valence-corrected chi connectivity index (χ4v) is 4.77. The Morgan fingerprint density at radius 1 is 1.26 bits per heavy atom. The molecule has 1 aliphatic heterocycles. The number of benzene rings is 1. The first-order chi connectivity index (χ1) is 15.0. The Morgan fingerprint density at radius 3 is 2.84 bits per heavy atom. The van der Waals surface area contributed by atoms with E-state index < -0.39 is 6.10 Å². The normalized spacial score (nSPS) is 15.4. The molecule has 2 aromatic heterocycles. The van der Waals surface area contributed by atoms with Gasteiger partial charge in [-0.1, -0.05) is 13.0 Å². The molecule has 0 spiro atoms. The molecule has 0 fully saturated rings. The van der Waals surface area contributed by atoms with Crippen molar-refractivity contribution in [1.29, 1.82) is 0 Å². The number of anilines is 2. The zero-order valence-electron chi connectivity index (χ0n) is 17.1. The summed E-state index contributed by atoms with van der Waals surface area (Å²) >= 11 is 2.90. The number of thiophene rings is 1. The molecule has 31 heavy (non-hydrogen) atoms. The molecule has 0 bridgehead atoms. The van der Waals surface area contributed by atoms with Crippen molar-refractivity contribution in [2.75, 3.05) is 16.8 Å². The Labute approximate surface area is 187 Å². The first-order valence-corrected chi connectivity index (χ1v) is 11.7. The number of ether oxygens (including phenoxy) is 1. The predicted molar refractivity (Wildman–Crippen MR) is 122 cm³/mol. The van der Waals surface area contributed by atoms with Gasteiger partial charge in [-0.3, -0.25) is 19.3 Å². The SMILES string of the molecule is CCCC(=O)c1ccc2c(c1)N(CC(=O)Nc1nc(-c3cccs3)cs1)C(=O)C(C)O2. The summed E-state index contributed by atoms with van der Waals surface area (Å²) in [5, 5.41) is 7.08. The van der Waals surface area contributed by atoms with E-state index >= 15 is 0 Å². The number of carbonyl (C=O) groups excluding carboxylic acids is 3. The number of amides is 2. The summed E-state index contributed by atoms with van der Waals surface area (Å²) in [5.74, 6) is -0.237. The van der Waals surface area contributed by atoms with E-state index in [0.29, 0.717) is 28.6 Å². The van der Waals surface area contributed by atoms with Gasteiger partial charge in [0.2, 0.25) is 5.91 Å². The van der Waals surface area contributed by atoms with Crippen LogP contribution in [0, 0.1) is 0 Å². The second-order valence-corrected chi connectivity index (χ2v) is 8.91. The number of nitrogens with zero attached hydrogens (tertiary/aromatic N) is 2. The van der Waals surface area contributed by atoms with Gasteiger partial charge in [-0.2, -0.15) is 0 Å². The molecule has 3 aromatic rings. The molecule has 0 saturated carbocycles. The summed E-state index contributed by atoms with van der Waals surface area (Å²) in [6.45, 7) is 3.38. The van der Waals surface area contributed by atoms with Crippen molar-refractivity contribution in [3.05, 3.63) is 46.7 Å². The molecular formula is C22H21N3O4S2. The first kappa shape index (κ1) is 21.2. The van der Waals surface area contributed by atoms with Gasteiger partial charge in [0.15, 0.2) is 17.0 Å². The Morgan fingerprint density at radius 2 is 2.10 bits per heavy atom. The lowest BCUT2D eigenvalue weighted by Gasteiger charge is -2.32. The van der Waals surface area contributed by atoms with Crippen LogP contribution in [-0.2, 0) is 9.59 Å². The molecule has 1 aromatic carbocycles. The number of thiazole rings is 1. The van der Waals surface area contributed by atoms with Gasteiger partial charge >= 0.3 is 0 Å². The quantitative estimate of drug-likeness (QED) is 0.526. The third kappa shape index (κ3) is 4.52. The van der Waals surface area contributed by atoms with Gasteiger partial charge in [-0.05, 0) is 43.0 Å². The van der Waals surface area contributed by atoms with E-state index in [9.17, 15) is 14.4 Å². The molecule has 160 valence electrons. The molecule has 1 N–H and O–H groups in total.